The molecule has 0 bridgehead atoms. The zero-order valence-corrected chi connectivity index (χ0v) is 8.83. The number of aldehydes is 1. The summed E-state index contributed by atoms with van der Waals surface area (Å²) in [5.41, 5.74) is 6.11. The highest BCUT2D eigenvalue weighted by Gasteiger charge is 2.10. The van der Waals surface area contributed by atoms with Crippen molar-refractivity contribution in [2.24, 2.45) is 0 Å². The number of nitrogen functional groups attached to an aromatic ring is 1. The smallest absolute Gasteiger partial charge is 0.215 e. The molecule has 2 N–H and O–H groups in total. The van der Waals surface area contributed by atoms with Gasteiger partial charge in [0.05, 0.1) is 11.6 Å². The molecule has 6 nitrogen and oxygen atoms in total. The molecule has 0 saturated carbocycles. The number of hydrogen-bond acceptors (Lipinski definition) is 5. The zero-order valence-electron chi connectivity index (χ0n) is 8.83. The molecule has 0 aliphatic rings. The molecule has 2 heterocycles. The van der Waals surface area contributed by atoms with Crippen LogP contribution in [0.15, 0.2) is 22.9 Å². The van der Waals surface area contributed by atoms with Crippen LogP contribution in [0, 0.1) is 0 Å². The largest absolute Gasteiger partial charge is 0.447 e. The topological polar surface area (TPSA) is 86.9 Å². The predicted molar refractivity (Wildman–Crippen MR) is 56.7 cm³/mol. The summed E-state index contributed by atoms with van der Waals surface area (Å²) >= 11 is 0. The van der Waals surface area contributed by atoms with Crippen LogP contribution in [-0.2, 0) is 11.3 Å². The second-order valence-electron chi connectivity index (χ2n) is 3.53. The molecule has 2 aromatic heterocycles. The van der Waals surface area contributed by atoms with E-state index in [2.05, 4.69) is 10.1 Å². The van der Waals surface area contributed by atoms with Crippen molar-refractivity contribution in [1.29, 1.82) is 0 Å². The molecule has 1 unspecified atom stereocenters. The van der Waals surface area contributed by atoms with Gasteiger partial charge in [0, 0.05) is 6.20 Å². The summed E-state index contributed by atoms with van der Waals surface area (Å²) in [5.74, 6) is 0.708. The van der Waals surface area contributed by atoms with Crippen LogP contribution in [0.25, 0.3) is 0 Å². The Labute approximate surface area is 92.1 Å². The molecule has 0 radical (unpaired) electrons. The van der Waals surface area contributed by atoms with Gasteiger partial charge in [-0.25, -0.2) is 4.98 Å². The lowest BCUT2D eigenvalue weighted by Gasteiger charge is -1.96. The number of nitrogens with zero attached hydrogens (tertiary/aromatic N) is 3. The van der Waals surface area contributed by atoms with Gasteiger partial charge in [0.2, 0.25) is 5.89 Å². The molecule has 0 aliphatic heterocycles. The third kappa shape index (κ3) is 2.10. The normalized spacial score (nSPS) is 12.6. The quantitative estimate of drug-likeness (QED) is 0.770. The Morgan fingerprint density at radius 2 is 2.50 bits per heavy atom. The SMILES string of the molecule is CC(C=O)c1coc(Cn2ccc(N)n2)n1. The summed E-state index contributed by atoms with van der Waals surface area (Å²) in [4.78, 5) is 14.7. The molecular weight excluding hydrogens is 208 g/mol. The monoisotopic (exact) mass is 220 g/mol. The Morgan fingerprint density at radius 3 is 3.12 bits per heavy atom. The van der Waals surface area contributed by atoms with Gasteiger partial charge in [-0.2, -0.15) is 5.10 Å². The van der Waals surface area contributed by atoms with Crippen LogP contribution in [0.2, 0.25) is 0 Å². The van der Waals surface area contributed by atoms with Crippen LogP contribution in [0.5, 0.6) is 0 Å². The average Bonchev–Trinajstić information content (AvgIpc) is 2.87. The van der Waals surface area contributed by atoms with Crippen molar-refractivity contribution in [3.63, 3.8) is 0 Å². The maximum Gasteiger partial charge on any atom is 0.215 e. The lowest BCUT2D eigenvalue weighted by Crippen LogP contribution is -2.02. The average molecular weight is 220 g/mol. The minimum Gasteiger partial charge on any atom is -0.447 e. The zero-order chi connectivity index (χ0) is 11.5. The molecule has 0 fully saturated rings. The number of hydrogen-bond donors (Lipinski definition) is 1. The van der Waals surface area contributed by atoms with Crippen LogP contribution in [0.1, 0.15) is 24.4 Å². The van der Waals surface area contributed by atoms with Gasteiger partial charge in [-0.1, -0.05) is 6.92 Å². The summed E-state index contributed by atoms with van der Waals surface area (Å²) in [6, 6.07) is 1.69. The molecule has 16 heavy (non-hydrogen) atoms. The molecule has 2 rings (SSSR count). The maximum absolute atomic E-state index is 10.6. The van der Waals surface area contributed by atoms with Gasteiger partial charge in [0.1, 0.15) is 24.9 Å². The van der Waals surface area contributed by atoms with Crippen LogP contribution in [0.3, 0.4) is 0 Å². The van der Waals surface area contributed by atoms with Crippen molar-refractivity contribution in [2.45, 2.75) is 19.4 Å². The molecule has 84 valence electrons. The third-order valence-electron chi connectivity index (χ3n) is 2.20. The highest BCUT2D eigenvalue weighted by molar-refractivity contribution is 5.59. The lowest BCUT2D eigenvalue weighted by molar-refractivity contribution is -0.108. The number of oxazole rings is 1. The fraction of sp³-hybridized carbons (Fsp3) is 0.300. The van der Waals surface area contributed by atoms with Gasteiger partial charge >= 0.3 is 0 Å². The van der Waals surface area contributed by atoms with Gasteiger partial charge in [-0.05, 0) is 6.07 Å². The van der Waals surface area contributed by atoms with E-state index in [9.17, 15) is 4.79 Å². The summed E-state index contributed by atoms with van der Waals surface area (Å²) in [5, 5.41) is 4.01. The van der Waals surface area contributed by atoms with E-state index in [0.29, 0.717) is 23.9 Å². The third-order valence-corrected chi connectivity index (χ3v) is 2.20. The van der Waals surface area contributed by atoms with E-state index < -0.39 is 0 Å². The van der Waals surface area contributed by atoms with Crippen LogP contribution >= 0.6 is 0 Å². The Morgan fingerprint density at radius 1 is 1.69 bits per heavy atom. The van der Waals surface area contributed by atoms with Crippen molar-refractivity contribution < 1.29 is 9.21 Å². The minimum absolute atomic E-state index is 0.250. The molecular formula is C10H12N4O2. The number of rotatable bonds is 4. The first-order chi connectivity index (χ1) is 7.69. The molecule has 2 aromatic rings. The summed E-state index contributed by atoms with van der Waals surface area (Å²) < 4.78 is 6.85. The van der Waals surface area contributed by atoms with Crippen LogP contribution in [0.4, 0.5) is 5.82 Å². The molecule has 1 atom stereocenters. The van der Waals surface area contributed by atoms with E-state index in [4.69, 9.17) is 10.2 Å². The Bertz CT molecular complexity index is 488. The molecule has 0 amide bonds. The molecule has 0 saturated heterocycles. The van der Waals surface area contributed by atoms with Gasteiger partial charge in [-0.3, -0.25) is 4.68 Å². The molecule has 0 spiro atoms. The number of anilines is 1. The van der Waals surface area contributed by atoms with Gasteiger partial charge < -0.3 is 14.9 Å². The second kappa shape index (κ2) is 4.18. The number of nitrogens with two attached hydrogens (primary N) is 1. The van der Waals surface area contributed by atoms with Crippen molar-refractivity contribution in [1.82, 2.24) is 14.8 Å². The highest BCUT2D eigenvalue weighted by Crippen LogP contribution is 2.12. The maximum atomic E-state index is 10.6. The first-order valence-electron chi connectivity index (χ1n) is 4.87. The van der Waals surface area contributed by atoms with Crippen molar-refractivity contribution in [3.8, 4) is 0 Å². The van der Waals surface area contributed by atoms with E-state index >= 15 is 0 Å². The van der Waals surface area contributed by atoms with Gasteiger partial charge in [0.25, 0.3) is 0 Å². The fourth-order valence-corrected chi connectivity index (χ4v) is 1.28. The summed E-state index contributed by atoms with van der Waals surface area (Å²) in [7, 11) is 0. The second-order valence-corrected chi connectivity index (χ2v) is 3.53. The number of aromatic nitrogens is 3. The van der Waals surface area contributed by atoms with E-state index in [1.807, 2.05) is 0 Å². The van der Waals surface area contributed by atoms with Crippen molar-refractivity contribution in [2.75, 3.05) is 5.73 Å². The van der Waals surface area contributed by atoms with Crippen molar-refractivity contribution in [3.05, 3.63) is 30.1 Å². The van der Waals surface area contributed by atoms with Crippen molar-refractivity contribution >= 4 is 12.1 Å². The molecule has 0 aromatic carbocycles. The Balaban J connectivity index is 2.11. The highest BCUT2D eigenvalue weighted by atomic mass is 16.3. The fourth-order valence-electron chi connectivity index (χ4n) is 1.28. The Kier molecular flexibility index (Phi) is 2.72. The van der Waals surface area contributed by atoms with Crippen LogP contribution in [-0.4, -0.2) is 21.1 Å². The van der Waals surface area contributed by atoms with Crippen LogP contribution < -0.4 is 5.73 Å². The number of carbonyl (C=O) groups excluding carboxylic acids is 1. The minimum atomic E-state index is -0.250. The first kappa shape index (κ1) is 10.4. The molecule has 6 heteroatoms. The van der Waals surface area contributed by atoms with E-state index in [1.165, 1.54) is 6.26 Å². The Hall–Kier alpha value is -2.11. The lowest BCUT2D eigenvalue weighted by atomic mass is 10.1. The summed E-state index contributed by atoms with van der Waals surface area (Å²) in [6.07, 6.45) is 4.05. The van der Waals surface area contributed by atoms with Gasteiger partial charge in [0.15, 0.2) is 0 Å². The van der Waals surface area contributed by atoms with E-state index in [-0.39, 0.29) is 5.92 Å². The van der Waals surface area contributed by atoms with E-state index in [0.717, 1.165) is 6.29 Å². The standard InChI is InChI=1S/C10H12N4O2/c1-7(5-15)8-6-16-10(12-8)4-14-3-2-9(11)13-14/h2-3,5-7H,4H2,1H3,(H2,11,13). The predicted octanol–water partition coefficient (Wildman–Crippen LogP) is 0.804. The summed E-state index contributed by atoms with van der Waals surface area (Å²) in [6.45, 7) is 2.17. The number of carbonyl (C=O) groups is 1. The molecule has 0 aliphatic carbocycles. The van der Waals surface area contributed by atoms with E-state index in [1.54, 1.807) is 23.9 Å². The first-order valence-corrected chi connectivity index (χ1v) is 4.87. The van der Waals surface area contributed by atoms with Gasteiger partial charge in [-0.15, -0.1) is 0 Å².